The molecule has 0 heterocycles. The highest BCUT2D eigenvalue weighted by molar-refractivity contribution is 7.86. The summed E-state index contributed by atoms with van der Waals surface area (Å²) in [5.41, 5.74) is 0.787. The Labute approximate surface area is 147 Å². The molecule has 132 valence electrons. The molecule has 0 aliphatic heterocycles. The van der Waals surface area contributed by atoms with Crippen LogP contribution in [0.5, 0.6) is 0 Å². The summed E-state index contributed by atoms with van der Waals surface area (Å²) in [5, 5.41) is 0. The van der Waals surface area contributed by atoms with Gasteiger partial charge in [-0.15, -0.1) is 0 Å². The molecule has 0 amide bonds. The number of carbonyl (C=O) groups excluding carboxylic acids is 1. The minimum atomic E-state index is -3.61. The number of hydrogen-bond donors (Lipinski definition) is 0. The zero-order valence-corrected chi connectivity index (χ0v) is 14.7. The van der Waals surface area contributed by atoms with Gasteiger partial charge >= 0.3 is 5.97 Å². The Kier molecular flexibility index (Phi) is 4.92. The third-order valence-corrected chi connectivity index (χ3v) is 4.71. The largest absolute Gasteiger partial charge is 0.452 e. The number of ether oxygens (including phenoxy) is 1. The van der Waals surface area contributed by atoms with Crippen LogP contribution in [-0.4, -0.2) is 26.2 Å². The van der Waals surface area contributed by atoms with Gasteiger partial charge in [-0.05, 0) is 24.0 Å². The van der Waals surface area contributed by atoms with Gasteiger partial charge in [-0.1, -0.05) is 60.7 Å². The summed E-state index contributed by atoms with van der Waals surface area (Å²) in [7, 11) is -3.61. The topological polar surface area (TPSA) is 69.7 Å². The minimum Gasteiger partial charge on any atom is -0.452 e. The quantitative estimate of drug-likeness (QED) is 0.560. The van der Waals surface area contributed by atoms with Gasteiger partial charge in [0.15, 0.2) is 6.10 Å². The fourth-order valence-corrected chi connectivity index (χ4v) is 3.64. The van der Waals surface area contributed by atoms with Gasteiger partial charge in [-0.25, -0.2) is 0 Å². The Morgan fingerprint density at radius 1 is 1.00 bits per heavy atom. The van der Waals surface area contributed by atoms with E-state index in [2.05, 4.69) is 0 Å². The molecule has 0 atom stereocenters. The molecule has 2 aromatic carbocycles. The maximum Gasteiger partial charge on any atom is 0.309 e. The normalized spacial score (nSPS) is 15.8. The molecule has 0 radical (unpaired) electrons. The zero-order valence-electron chi connectivity index (χ0n) is 13.9. The Morgan fingerprint density at radius 2 is 1.48 bits per heavy atom. The summed E-state index contributed by atoms with van der Waals surface area (Å²) >= 11 is 0. The van der Waals surface area contributed by atoms with E-state index in [0.29, 0.717) is 12.8 Å². The van der Waals surface area contributed by atoms with E-state index in [-0.39, 0.29) is 6.42 Å². The summed E-state index contributed by atoms with van der Waals surface area (Å²) in [4.78, 5) is 12.4. The van der Waals surface area contributed by atoms with Crippen molar-refractivity contribution in [2.45, 2.75) is 31.0 Å². The van der Waals surface area contributed by atoms with E-state index >= 15 is 0 Å². The maximum absolute atomic E-state index is 12.4. The van der Waals surface area contributed by atoms with E-state index in [0.717, 1.165) is 17.4 Å². The van der Waals surface area contributed by atoms with Crippen molar-refractivity contribution in [3.8, 4) is 0 Å². The molecular formula is C19H20O5S. The van der Waals surface area contributed by atoms with Crippen molar-refractivity contribution in [1.29, 1.82) is 0 Å². The summed E-state index contributed by atoms with van der Waals surface area (Å²) in [6.07, 6.45) is 1.46. The molecule has 3 rings (SSSR count). The van der Waals surface area contributed by atoms with Crippen LogP contribution in [0, 0.1) is 0 Å². The van der Waals surface area contributed by atoms with Gasteiger partial charge in [0.2, 0.25) is 0 Å². The molecular weight excluding hydrogens is 340 g/mol. The van der Waals surface area contributed by atoms with Gasteiger partial charge < -0.3 is 4.74 Å². The first-order valence-corrected chi connectivity index (χ1v) is 9.89. The highest BCUT2D eigenvalue weighted by Gasteiger charge is 2.49. The maximum atomic E-state index is 12.4. The highest BCUT2D eigenvalue weighted by atomic mass is 32.2. The van der Waals surface area contributed by atoms with Gasteiger partial charge in [0.25, 0.3) is 10.1 Å². The standard InChI is InChI=1S/C19H20O5S/c1-25(21,22)24-19(12-13-19)14-17(20)23-18(15-8-4-2-5-9-15)16-10-6-3-7-11-16/h2-11,18H,12-14H2,1H3. The second kappa shape index (κ2) is 6.98. The SMILES string of the molecule is CS(=O)(=O)OC1(CC(=O)OC(c2ccccc2)c2ccccc2)CC1. The van der Waals surface area contributed by atoms with Gasteiger partial charge in [-0.2, -0.15) is 8.42 Å². The van der Waals surface area contributed by atoms with E-state index in [1.54, 1.807) is 0 Å². The fourth-order valence-electron chi connectivity index (χ4n) is 2.77. The highest BCUT2D eigenvalue weighted by Crippen LogP contribution is 2.44. The van der Waals surface area contributed by atoms with Crippen molar-refractivity contribution in [2.24, 2.45) is 0 Å². The van der Waals surface area contributed by atoms with E-state index in [9.17, 15) is 13.2 Å². The third-order valence-electron chi connectivity index (χ3n) is 4.06. The molecule has 0 bridgehead atoms. The predicted octanol–water partition coefficient (Wildman–Crippen LogP) is 3.22. The fraction of sp³-hybridized carbons (Fsp3) is 0.316. The Morgan fingerprint density at radius 3 is 1.88 bits per heavy atom. The lowest BCUT2D eigenvalue weighted by molar-refractivity contribution is -0.149. The van der Waals surface area contributed by atoms with Crippen molar-refractivity contribution in [3.05, 3.63) is 71.8 Å². The van der Waals surface area contributed by atoms with Crippen molar-refractivity contribution in [1.82, 2.24) is 0 Å². The Balaban J connectivity index is 1.76. The number of carbonyl (C=O) groups is 1. The Bertz CT molecular complexity index is 787. The first-order chi connectivity index (χ1) is 11.9. The molecule has 0 N–H and O–H groups in total. The molecule has 0 aromatic heterocycles. The Hall–Kier alpha value is -2.18. The molecule has 5 nitrogen and oxygen atoms in total. The first-order valence-electron chi connectivity index (χ1n) is 8.07. The van der Waals surface area contributed by atoms with Crippen molar-refractivity contribution in [3.63, 3.8) is 0 Å². The number of esters is 1. The second-order valence-electron chi connectivity index (χ2n) is 6.34. The zero-order chi connectivity index (χ0) is 17.9. The van der Waals surface area contributed by atoms with E-state index < -0.39 is 27.8 Å². The van der Waals surface area contributed by atoms with Gasteiger partial charge in [-0.3, -0.25) is 8.98 Å². The number of rotatable bonds is 7. The van der Waals surface area contributed by atoms with Crippen LogP contribution in [0.2, 0.25) is 0 Å². The second-order valence-corrected chi connectivity index (χ2v) is 7.91. The minimum absolute atomic E-state index is 0.0732. The van der Waals surface area contributed by atoms with E-state index in [1.165, 1.54) is 0 Å². The van der Waals surface area contributed by atoms with E-state index in [4.69, 9.17) is 8.92 Å². The first kappa shape index (κ1) is 17.6. The molecule has 0 unspecified atom stereocenters. The molecule has 6 heteroatoms. The molecule has 25 heavy (non-hydrogen) atoms. The predicted molar refractivity (Wildman–Crippen MR) is 93.3 cm³/mol. The van der Waals surface area contributed by atoms with Gasteiger partial charge in [0, 0.05) is 0 Å². The van der Waals surface area contributed by atoms with Crippen LogP contribution in [0.3, 0.4) is 0 Å². The average molecular weight is 360 g/mol. The summed E-state index contributed by atoms with van der Waals surface area (Å²) < 4.78 is 33.5. The van der Waals surface area contributed by atoms with Crippen LogP contribution in [0.4, 0.5) is 0 Å². The summed E-state index contributed by atoms with van der Waals surface area (Å²) in [5.74, 6) is -0.473. The van der Waals surface area contributed by atoms with Crippen LogP contribution in [0.25, 0.3) is 0 Å². The monoisotopic (exact) mass is 360 g/mol. The van der Waals surface area contributed by atoms with Crippen LogP contribution < -0.4 is 0 Å². The van der Waals surface area contributed by atoms with Crippen LogP contribution in [-0.2, 0) is 23.8 Å². The number of benzene rings is 2. The number of hydrogen-bond acceptors (Lipinski definition) is 5. The lowest BCUT2D eigenvalue weighted by Crippen LogP contribution is -2.25. The van der Waals surface area contributed by atoms with Gasteiger partial charge in [0.05, 0.1) is 18.3 Å². The smallest absolute Gasteiger partial charge is 0.309 e. The molecule has 1 aliphatic carbocycles. The van der Waals surface area contributed by atoms with E-state index in [1.807, 2.05) is 60.7 Å². The van der Waals surface area contributed by atoms with Gasteiger partial charge in [0.1, 0.15) is 0 Å². The van der Waals surface area contributed by atoms with Crippen molar-refractivity contribution < 1.29 is 22.1 Å². The lowest BCUT2D eigenvalue weighted by atomic mass is 10.0. The third kappa shape index (κ3) is 4.90. The molecule has 0 spiro atoms. The van der Waals surface area contributed by atoms with Crippen LogP contribution in [0.1, 0.15) is 36.5 Å². The van der Waals surface area contributed by atoms with Crippen molar-refractivity contribution >= 4 is 16.1 Å². The molecule has 2 aromatic rings. The summed E-state index contributed by atoms with van der Waals surface area (Å²) in [6.45, 7) is 0. The van der Waals surface area contributed by atoms with Crippen molar-refractivity contribution in [2.75, 3.05) is 6.26 Å². The summed E-state index contributed by atoms with van der Waals surface area (Å²) in [6, 6.07) is 18.9. The lowest BCUT2D eigenvalue weighted by Gasteiger charge is -2.21. The average Bonchev–Trinajstić information content (AvgIpc) is 3.31. The molecule has 1 aliphatic rings. The van der Waals surface area contributed by atoms with Crippen LogP contribution >= 0.6 is 0 Å². The molecule has 1 fully saturated rings. The molecule has 0 saturated heterocycles. The van der Waals surface area contributed by atoms with Crippen LogP contribution in [0.15, 0.2) is 60.7 Å². The molecule has 1 saturated carbocycles.